The van der Waals surface area contributed by atoms with Crippen LogP contribution in [0.4, 0.5) is 0 Å². The highest BCUT2D eigenvalue weighted by atomic mass is 16.4. The number of carboxylic acid groups (broad SMARTS) is 1. The molecule has 1 aliphatic rings. The van der Waals surface area contributed by atoms with Gasteiger partial charge in [-0.3, -0.25) is 0 Å². The maximum Gasteiger partial charge on any atom is 0.335 e. The van der Waals surface area contributed by atoms with Crippen molar-refractivity contribution in [2.45, 2.75) is 45.6 Å². The van der Waals surface area contributed by atoms with Gasteiger partial charge in [-0.2, -0.15) is 0 Å². The fraction of sp³-hybridized carbons (Fsp3) is 0.562. The van der Waals surface area contributed by atoms with E-state index in [2.05, 4.69) is 17.2 Å². The smallest absolute Gasteiger partial charge is 0.335 e. The molecule has 1 aliphatic carbocycles. The molecule has 1 N–H and O–H groups in total. The number of aromatic carboxylic acids is 1. The summed E-state index contributed by atoms with van der Waals surface area (Å²) in [6.45, 7) is 3.20. The third kappa shape index (κ3) is 3.06. The minimum Gasteiger partial charge on any atom is -0.478 e. The van der Waals surface area contributed by atoms with E-state index in [1.165, 1.54) is 25.7 Å². The number of carboxylic acids is 1. The van der Waals surface area contributed by atoms with Gasteiger partial charge in [-0.05, 0) is 42.9 Å². The van der Waals surface area contributed by atoms with Gasteiger partial charge in [0.25, 0.3) is 0 Å². The largest absolute Gasteiger partial charge is 0.478 e. The minimum atomic E-state index is -0.928. The molecular weight excluding hydrogens is 266 g/mol. The van der Waals surface area contributed by atoms with Crippen molar-refractivity contribution in [3.63, 3.8) is 0 Å². The van der Waals surface area contributed by atoms with Crippen molar-refractivity contribution in [3.8, 4) is 0 Å². The summed E-state index contributed by atoms with van der Waals surface area (Å²) in [6.07, 6.45) is 6.46. The van der Waals surface area contributed by atoms with Gasteiger partial charge in [-0.25, -0.2) is 9.48 Å². The Bertz CT molecular complexity index is 650. The predicted molar refractivity (Wildman–Crippen MR) is 80.2 cm³/mol. The Morgan fingerprint density at radius 3 is 3.05 bits per heavy atom. The minimum absolute atomic E-state index is 0.260. The molecule has 1 aromatic carbocycles. The summed E-state index contributed by atoms with van der Waals surface area (Å²) in [6, 6.07) is 5.01. The second kappa shape index (κ2) is 5.84. The van der Waals surface area contributed by atoms with Gasteiger partial charge in [0.15, 0.2) is 0 Å². The highest BCUT2D eigenvalue weighted by molar-refractivity contribution is 5.92. The summed E-state index contributed by atoms with van der Waals surface area (Å²) in [5.41, 5.74) is 1.84. The van der Waals surface area contributed by atoms with Gasteiger partial charge in [0.05, 0.1) is 11.1 Å². The molecule has 5 heteroatoms. The maximum absolute atomic E-state index is 11.0. The van der Waals surface area contributed by atoms with Crippen molar-refractivity contribution in [2.75, 3.05) is 0 Å². The summed E-state index contributed by atoms with van der Waals surface area (Å²) in [4.78, 5) is 11.0. The number of hydrogen-bond acceptors (Lipinski definition) is 3. The molecule has 0 aliphatic heterocycles. The predicted octanol–water partition coefficient (Wildman–Crippen LogP) is 3.35. The lowest BCUT2D eigenvalue weighted by Crippen LogP contribution is -2.15. The second-order valence-electron chi connectivity index (χ2n) is 6.25. The Labute approximate surface area is 124 Å². The average Bonchev–Trinajstić information content (AvgIpc) is 2.87. The zero-order valence-corrected chi connectivity index (χ0v) is 12.3. The van der Waals surface area contributed by atoms with Crippen molar-refractivity contribution in [1.29, 1.82) is 0 Å². The van der Waals surface area contributed by atoms with E-state index in [0.717, 1.165) is 30.3 Å². The van der Waals surface area contributed by atoms with E-state index in [9.17, 15) is 4.79 Å². The molecule has 2 atom stereocenters. The fourth-order valence-electron chi connectivity index (χ4n) is 3.40. The van der Waals surface area contributed by atoms with Crippen LogP contribution in [0.1, 0.15) is 49.4 Å². The SMILES string of the molecule is CC1CCCC(CCn2nnc3cc(C(=O)O)ccc32)C1. The molecule has 0 bridgehead atoms. The second-order valence-corrected chi connectivity index (χ2v) is 6.25. The van der Waals surface area contributed by atoms with Crippen molar-refractivity contribution < 1.29 is 9.90 Å². The average molecular weight is 287 g/mol. The van der Waals surface area contributed by atoms with Crippen LogP contribution in [0, 0.1) is 11.8 Å². The fourth-order valence-corrected chi connectivity index (χ4v) is 3.40. The molecule has 21 heavy (non-hydrogen) atoms. The first-order valence-electron chi connectivity index (χ1n) is 7.70. The number of carbonyl (C=O) groups is 1. The van der Waals surface area contributed by atoms with E-state index >= 15 is 0 Å². The zero-order valence-electron chi connectivity index (χ0n) is 12.3. The first-order valence-corrected chi connectivity index (χ1v) is 7.70. The van der Waals surface area contributed by atoms with Crippen LogP contribution in [0.25, 0.3) is 11.0 Å². The lowest BCUT2D eigenvalue weighted by Gasteiger charge is -2.26. The molecule has 2 unspecified atom stereocenters. The summed E-state index contributed by atoms with van der Waals surface area (Å²) >= 11 is 0. The lowest BCUT2D eigenvalue weighted by molar-refractivity contribution is 0.0697. The van der Waals surface area contributed by atoms with Gasteiger partial charge in [0.1, 0.15) is 5.52 Å². The van der Waals surface area contributed by atoms with Crippen LogP contribution in [-0.4, -0.2) is 26.1 Å². The standard InChI is InChI=1S/C16H21N3O2/c1-11-3-2-4-12(9-11)7-8-19-15-6-5-13(16(20)21)10-14(15)17-18-19/h5-6,10-12H,2-4,7-9H2,1H3,(H,20,21). The van der Waals surface area contributed by atoms with Gasteiger partial charge in [-0.1, -0.05) is 31.4 Å². The van der Waals surface area contributed by atoms with E-state index in [0.29, 0.717) is 5.52 Å². The molecule has 0 radical (unpaired) electrons. The van der Waals surface area contributed by atoms with E-state index in [1.54, 1.807) is 12.1 Å². The Balaban J connectivity index is 1.71. The molecule has 0 spiro atoms. The summed E-state index contributed by atoms with van der Waals surface area (Å²) in [5.74, 6) is 0.698. The summed E-state index contributed by atoms with van der Waals surface area (Å²) in [5, 5.41) is 17.3. The molecule has 1 heterocycles. The van der Waals surface area contributed by atoms with Crippen LogP contribution in [0.5, 0.6) is 0 Å². The molecule has 1 saturated carbocycles. The zero-order chi connectivity index (χ0) is 14.8. The number of benzene rings is 1. The van der Waals surface area contributed by atoms with E-state index < -0.39 is 5.97 Å². The maximum atomic E-state index is 11.0. The number of fused-ring (bicyclic) bond motifs is 1. The highest BCUT2D eigenvalue weighted by Gasteiger charge is 2.19. The van der Waals surface area contributed by atoms with Crippen molar-refractivity contribution in [1.82, 2.24) is 15.0 Å². The first kappa shape index (κ1) is 14.0. The Kier molecular flexibility index (Phi) is 3.90. The number of rotatable bonds is 4. The molecule has 1 aromatic heterocycles. The van der Waals surface area contributed by atoms with Crippen LogP contribution in [0.2, 0.25) is 0 Å². The molecule has 3 rings (SSSR count). The topological polar surface area (TPSA) is 68.0 Å². The van der Waals surface area contributed by atoms with Gasteiger partial charge in [-0.15, -0.1) is 5.10 Å². The Hall–Kier alpha value is -1.91. The molecular formula is C16H21N3O2. The third-order valence-electron chi connectivity index (χ3n) is 4.56. The normalized spacial score (nSPS) is 22.5. The third-order valence-corrected chi connectivity index (χ3v) is 4.56. The molecule has 1 fully saturated rings. The molecule has 2 aromatic rings. The number of aromatic nitrogens is 3. The van der Waals surface area contributed by atoms with Crippen molar-refractivity contribution in [2.24, 2.45) is 11.8 Å². The monoisotopic (exact) mass is 287 g/mol. The van der Waals surface area contributed by atoms with Crippen LogP contribution in [0.15, 0.2) is 18.2 Å². The molecule has 0 saturated heterocycles. The van der Waals surface area contributed by atoms with Gasteiger partial charge in [0, 0.05) is 6.54 Å². The van der Waals surface area contributed by atoms with Gasteiger partial charge in [0.2, 0.25) is 0 Å². The highest BCUT2D eigenvalue weighted by Crippen LogP contribution is 2.31. The first-order chi connectivity index (χ1) is 10.1. The molecule has 0 amide bonds. The van der Waals surface area contributed by atoms with Crippen LogP contribution >= 0.6 is 0 Å². The molecule has 112 valence electrons. The number of hydrogen-bond donors (Lipinski definition) is 1. The Morgan fingerprint density at radius 1 is 1.43 bits per heavy atom. The van der Waals surface area contributed by atoms with Gasteiger partial charge >= 0.3 is 5.97 Å². The van der Waals surface area contributed by atoms with E-state index in [1.807, 2.05) is 10.7 Å². The summed E-state index contributed by atoms with van der Waals surface area (Å²) in [7, 11) is 0. The molecule has 5 nitrogen and oxygen atoms in total. The van der Waals surface area contributed by atoms with E-state index in [-0.39, 0.29) is 5.56 Å². The lowest BCUT2D eigenvalue weighted by atomic mass is 9.81. The van der Waals surface area contributed by atoms with Crippen molar-refractivity contribution in [3.05, 3.63) is 23.8 Å². The van der Waals surface area contributed by atoms with Crippen LogP contribution in [-0.2, 0) is 6.54 Å². The summed E-state index contributed by atoms with van der Waals surface area (Å²) < 4.78 is 1.90. The number of aryl methyl sites for hydroxylation is 1. The van der Waals surface area contributed by atoms with Crippen LogP contribution in [0.3, 0.4) is 0 Å². The van der Waals surface area contributed by atoms with Crippen LogP contribution < -0.4 is 0 Å². The number of nitrogens with zero attached hydrogens (tertiary/aromatic N) is 3. The van der Waals surface area contributed by atoms with Gasteiger partial charge < -0.3 is 5.11 Å². The quantitative estimate of drug-likeness (QED) is 0.936. The van der Waals surface area contributed by atoms with Crippen molar-refractivity contribution >= 4 is 17.0 Å². The Morgan fingerprint density at radius 2 is 2.29 bits per heavy atom. The van der Waals surface area contributed by atoms with E-state index in [4.69, 9.17) is 5.11 Å².